The molecule has 2 aromatic rings. The van der Waals surface area contributed by atoms with Crippen molar-refractivity contribution in [2.45, 2.75) is 19.1 Å². The van der Waals surface area contributed by atoms with Crippen LogP contribution in [0.1, 0.15) is 18.6 Å². The fourth-order valence-corrected chi connectivity index (χ4v) is 3.06. The first-order chi connectivity index (χ1) is 8.99. The summed E-state index contributed by atoms with van der Waals surface area (Å²) in [7, 11) is 0. The third kappa shape index (κ3) is 3.48. The van der Waals surface area contributed by atoms with E-state index in [0.29, 0.717) is 10.2 Å². The fraction of sp³-hybridized carbons (Fsp3) is 0.231. The van der Waals surface area contributed by atoms with Crippen LogP contribution in [0.2, 0.25) is 5.02 Å². The van der Waals surface area contributed by atoms with E-state index in [-0.39, 0.29) is 17.2 Å². The van der Waals surface area contributed by atoms with E-state index in [1.165, 1.54) is 12.1 Å². The molecule has 0 aliphatic rings. The van der Waals surface area contributed by atoms with E-state index in [4.69, 9.17) is 22.1 Å². The molecule has 0 bridgehead atoms. The molecule has 0 saturated heterocycles. The van der Waals surface area contributed by atoms with Crippen LogP contribution >= 0.6 is 38.9 Å². The molecule has 1 heterocycles. The molecular weight excluding hydrogens is 353 g/mol. The van der Waals surface area contributed by atoms with Gasteiger partial charge in [-0.3, -0.25) is 0 Å². The zero-order valence-electron chi connectivity index (χ0n) is 10.1. The van der Waals surface area contributed by atoms with Crippen LogP contribution in [0.3, 0.4) is 0 Å². The van der Waals surface area contributed by atoms with Crippen LogP contribution in [0, 0.1) is 5.82 Å². The first kappa shape index (κ1) is 14.8. The molecule has 1 aromatic carbocycles. The molecule has 2 unspecified atom stereocenters. The van der Waals surface area contributed by atoms with Crippen molar-refractivity contribution in [3.05, 3.63) is 49.8 Å². The van der Waals surface area contributed by atoms with Gasteiger partial charge in [0.15, 0.2) is 0 Å². The Kier molecular flexibility index (Phi) is 4.84. The van der Waals surface area contributed by atoms with Crippen LogP contribution in [-0.4, -0.2) is 6.04 Å². The maximum atomic E-state index is 13.5. The summed E-state index contributed by atoms with van der Waals surface area (Å²) in [6, 6.07) is 4.45. The third-order valence-corrected chi connectivity index (χ3v) is 4.19. The van der Waals surface area contributed by atoms with Gasteiger partial charge in [0.1, 0.15) is 17.7 Å². The van der Waals surface area contributed by atoms with Gasteiger partial charge < -0.3 is 10.5 Å². The van der Waals surface area contributed by atoms with Crippen molar-refractivity contribution >= 4 is 38.9 Å². The molecule has 0 aliphatic carbocycles. The fourth-order valence-electron chi connectivity index (χ4n) is 1.65. The number of rotatable bonds is 4. The molecule has 6 heteroatoms. The molecular formula is C13H12BrClFNOS. The number of benzene rings is 1. The van der Waals surface area contributed by atoms with E-state index in [2.05, 4.69) is 15.9 Å². The van der Waals surface area contributed by atoms with E-state index < -0.39 is 5.82 Å². The molecule has 19 heavy (non-hydrogen) atoms. The highest BCUT2D eigenvalue weighted by Crippen LogP contribution is 2.34. The SMILES string of the molecule is CC(N)C(Oc1cc(F)c(Cl)cc1Br)c1ccsc1. The summed E-state index contributed by atoms with van der Waals surface area (Å²) in [6.45, 7) is 1.85. The zero-order chi connectivity index (χ0) is 14.0. The van der Waals surface area contributed by atoms with Crippen LogP contribution in [0.5, 0.6) is 5.75 Å². The van der Waals surface area contributed by atoms with Crippen molar-refractivity contribution in [2.24, 2.45) is 5.73 Å². The second-order valence-electron chi connectivity index (χ2n) is 4.15. The van der Waals surface area contributed by atoms with Crippen LogP contribution in [0.25, 0.3) is 0 Å². The lowest BCUT2D eigenvalue weighted by atomic mass is 10.1. The molecule has 0 amide bonds. The molecule has 0 radical (unpaired) electrons. The normalized spacial score (nSPS) is 14.2. The number of halogens is 3. The minimum Gasteiger partial charge on any atom is -0.483 e. The number of nitrogens with two attached hydrogens (primary N) is 1. The van der Waals surface area contributed by atoms with Gasteiger partial charge in [0, 0.05) is 17.7 Å². The van der Waals surface area contributed by atoms with Gasteiger partial charge in [-0.15, -0.1) is 0 Å². The Morgan fingerprint density at radius 3 is 2.79 bits per heavy atom. The lowest BCUT2D eigenvalue weighted by Gasteiger charge is -2.22. The van der Waals surface area contributed by atoms with Crippen molar-refractivity contribution in [2.75, 3.05) is 0 Å². The van der Waals surface area contributed by atoms with Crippen LogP contribution in [-0.2, 0) is 0 Å². The predicted molar refractivity (Wildman–Crippen MR) is 80.4 cm³/mol. The summed E-state index contributed by atoms with van der Waals surface area (Å²) in [5, 5.41) is 3.96. The average molecular weight is 365 g/mol. The first-order valence-electron chi connectivity index (χ1n) is 5.58. The first-order valence-corrected chi connectivity index (χ1v) is 7.69. The highest BCUT2D eigenvalue weighted by molar-refractivity contribution is 9.10. The lowest BCUT2D eigenvalue weighted by Crippen LogP contribution is -2.28. The third-order valence-electron chi connectivity index (χ3n) is 2.58. The van der Waals surface area contributed by atoms with Gasteiger partial charge in [-0.25, -0.2) is 4.39 Å². The molecule has 0 saturated carbocycles. The summed E-state index contributed by atoms with van der Waals surface area (Å²) in [6.07, 6.45) is -0.330. The molecule has 0 spiro atoms. The molecule has 2 rings (SSSR count). The Morgan fingerprint density at radius 1 is 1.47 bits per heavy atom. The van der Waals surface area contributed by atoms with E-state index in [1.807, 2.05) is 23.8 Å². The Balaban J connectivity index is 2.30. The van der Waals surface area contributed by atoms with Gasteiger partial charge in [0.2, 0.25) is 0 Å². The van der Waals surface area contributed by atoms with Gasteiger partial charge in [0.05, 0.1) is 9.50 Å². The van der Waals surface area contributed by atoms with Crippen molar-refractivity contribution in [1.82, 2.24) is 0 Å². The number of thiophene rings is 1. The topological polar surface area (TPSA) is 35.2 Å². The van der Waals surface area contributed by atoms with Crippen LogP contribution in [0.15, 0.2) is 33.4 Å². The second kappa shape index (κ2) is 6.22. The Hall–Kier alpha value is -0.620. The van der Waals surface area contributed by atoms with Gasteiger partial charge in [-0.05, 0) is 45.7 Å². The number of ether oxygens (including phenoxy) is 1. The van der Waals surface area contributed by atoms with E-state index in [1.54, 1.807) is 11.3 Å². The second-order valence-corrected chi connectivity index (χ2v) is 6.19. The Morgan fingerprint density at radius 2 is 2.21 bits per heavy atom. The monoisotopic (exact) mass is 363 g/mol. The zero-order valence-corrected chi connectivity index (χ0v) is 13.2. The number of hydrogen-bond acceptors (Lipinski definition) is 3. The predicted octanol–water partition coefficient (Wildman–Crippen LogP) is 4.77. The molecule has 2 N–H and O–H groups in total. The van der Waals surface area contributed by atoms with E-state index in [0.717, 1.165) is 5.56 Å². The largest absolute Gasteiger partial charge is 0.483 e. The molecule has 0 aliphatic heterocycles. The minimum absolute atomic E-state index is 0.0482. The standard InChI is InChI=1S/C13H12BrClFNOS/c1-7(17)13(8-2-3-19-6-8)18-12-5-11(16)10(15)4-9(12)14/h2-7,13H,17H2,1H3. The summed E-state index contributed by atoms with van der Waals surface area (Å²) in [4.78, 5) is 0. The van der Waals surface area contributed by atoms with Crippen molar-refractivity contribution < 1.29 is 9.13 Å². The van der Waals surface area contributed by atoms with Crippen LogP contribution < -0.4 is 10.5 Å². The maximum Gasteiger partial charge on any atom is 0.145 e. The summed E-state index contributed by atoms with van der Waals surface area (Å²) >= 11 is 10.6. The molecule has 2 atom stereocenters. The van der Waals surface area contributed by atoms with Gasteiger partial charge in [-0.2, -0.15) is 11.3 Å². The van der Waals surface area contributed by atoms with E-state index in [9.17, 15) is 4.39 Å². The van der Waals surface area contributed by atoms with E-state index >= 15 is 0 Å². The molecule has 102 valence electrons. The van der Waals surface area contributed by atoms with Gasteiger partial charge >= 0.3 is 0 Å². The maximum absolute atomic E-state index is 13.5. The number of hydrogen-bond donors (Lipinski definition) is 1. The molecule has 0 fully saturated rings. The quantitative estimate of drug-likeness (QED) is 0.793. The highest BCUT2D eigenvalue weighted by atomic mass is 79.9. The van der Waals surface area contributed by atoms with Gasteiger partial charge in [-0.1, -0.05) is 11.6 Å². The molecule has 1 aromatic heterocycles. The minimum atomic E-state index is -0.520. The summed E-state index contributed by atoms with van der Waals surface area (Å²) < 4.78 is 19.9. The van der Waals surface area contributed by atoms with Crippen molar-refractivity contribution in [1.29, 1.82) is 0 Å². The molecule has 2 nitrogen and oxygen atoms in total. The smallest absolute Gasteiger partial charge is 0.145 e. The Labute approximate surface area is 128 Å². The van der Waals surface area contributed by atoms with Crippen molar-refractivity contribution in [3.63, 3.8) is 0 Å². The van der Waals surface area contributed by atoms with Gasteiger partial charge in [0.25, 0.3) is 0 Å². The summed E-state index contributed by atoms with van der Waals surface area (Å²) in [5.74, 6) is -0.135. The highest BCUT2D eigenvalue weighted by Gasteiger charge is 2.20. The van der Waals surface area contributed by atoms with Crippen molar-refractivity contribution in [3.8, 4) is 5.75 Å². The lowest BCUT2D eigenvalue weighted by molar-refractivity contribution is 0.179. The summed E-state index contributed by atoms with van der Waals surface area (Å²) in [5.41, 5.74) is 6.91. The average Bonchev–Trinajstić information content (AvgIpc) is 2.85. The Bertz CT molecular complexity index is 562. The van der Waals surface area contributed by atoms with Crippen LogP contribution in [0.4, 0.5) is 4.39 Å².